The number of amides is 1. The third-order valence-electron chi connectivity index (χ3n) is 3.58. The molecule has 0 unspecified atom stereocenters. The normalized spacial score (nSPS) is 16.9. The van der Waals surface area contributed by atoms with Gasteiger partial charge in [0.15, 0.2) is 0 Å². The molecule has 134 valence electrons. The zero-order valence-electron chi connectivity index (χ0n) is 12.9. The van der Waals surface area contributed by atoms with Crippen molar-refractivity contribution < 1.29 is 31.1 Å². The first kappa shape index (κ1) is 18.5. The Kier molecular flexibility index (Phi) is 5.38. The van der Waals surface area contributed by atoms with Crippen LogP contribution in [0.3, 0.4) is 0 Å². The molecular formula is C14H17F3N2O4S. The maximum Gasteiger partial charge on any atom is 0.416 e. The summed E-state index contributed by atoms with van der Waals surface area (Å²) in [5, 5.41) is 0. The van der Waals surface area contributed by atoms with Crippen LogP contribution in [0.2, 0.25) is 0 Å². The Morgan fingerprint density at radius 3 is 2.12 bits per heavy atom. The van der Waals surface area contributed by atoms with E-state index in [1.165, 1.54) is 4.90 Å². The molecule has 1 amide bonds. The molecule has 1 aromatic rings. The van der Waals surface area contributed by atoms with Crippen molar-refractivity contribution in [3.05, 3.63) is 29.8 Å². The van der Waals surface area contributed by atoms with E-state index < -0.39 is 27.9 Å². The standard InChI is InChI=1S/C14H17F3N2O4S/c1-2-23-13(20)18-7-9-19(10-8-18)24(21,22)12-5-3-11(4-6-12)14(15,16)17/h3-6H,2,7-10H2,1H3. The molecule has 1 aliphatic rings. The minimum atomic E-state index is -4.52. The van der Waals surface area contributed by atoms with Gasteiger partial charge in [-0.15, -0.1) is 0 Å². The van der Waals surface area contributed by atoms with Gasteiger partial charge in [-0.2, -0.15) is 17.5 Å². The van der Waals surface area contributed by atoms with Gasteiger partial charge in [-0.3, -0.25) is 0 Å². The van der Waals surface area contributed by atoms with Gasteiger partial charge >= 0.3 is 12.3 Å². The molecule has 1 aliphatic heterocycles. The predicted octanol–water partition coefficient (Wildman–Crippen LogP) is 2.17. The fourth-order valence-electron chi connectivity index (χ4n) is 2.29. The lowest BCUT2D eigenvalue weighted by molar-refractivity contribution is -0.137. The number of halogens is 3. The Morgan fingerprint density at radius 2 is 1.67 bits per heavy atom. The number of rotatable bonds is 3. The SMILES string of the molecule is CCOC(=O)N1CCN(S(=O)(=O)c2ccc(C(F)(F)F)cc2)CC1. The van der Waals surface area contributed by atoms with Gasteiger partial charge in [0.05, 0.1) is 17.1 Å². The molecule has 1 fully saturated rings. The Labute approximate surface area is 137 Å². The number of alkyl halides is 3. The lowest BCUT2D eigenvalue weighted by atomic mass is 10.2. The first-order chi connectivity index (χ1) is 11.2. The second kappa shape index (κ2) is 6.98. The van der Waals surface area contributed by atoms with Crippen molar-refractivity contribution in [1.29, 1.82) is 0 Å². The van der Waals surface area contributed by atoms with E-state index in [9.17, 15) is 26.4 Å². The molecule has 0 N–H and O–H groups in total. The van der Waals surface area contributed by atoms with Gasteiger partial charge in [0, 0.05) is 26.2 Å². The summed E-state index contributed by atoms with van der Waals surface area (Å²) >= 11 is 0. The highest BCUT2D eigenvalue weighted by molar-refractivity contribution is 7.89. The molecule has 0 aliphatic carbocycles. The average molecular weight is 366 g/mol. The third kappa shape index (κ3) is 3.99. The van der Waals surface area contributed by atoms with Crippen LogP contribution in [0.4, 0.5) is 18.0 Å². The number of piperazine rings is 1. The van der Waals surface area contributed by atoms with Crippen molar-refractivity contribution in [1.82, 2.24) is 9.21 Å². The number of nitrogens with zero attached hydrogens (tertiary/aromatic N) is 2. The van der Waals surface area contributed by atoms with Crippen LogP contribution in [0.15, 0.2) is 29.2 Å². The van der Waals surface area contributed by atoms with E-state index in [0.717, 1.165) is 28.6 Å². The van der Waals surface area contributed by atoms with Crippen molar-refractivity contribution in [2.75, 3.05) is 32.8 Å². The molecule has 0 aromatic heterocycles. The number of hydrogen-bond donors (Lipinski definition) is 0. The topological polar surface area (TPSA) is 66.9 Å². The highest BCUT2D eigenvalue weighted by atomic mass is 32.2. The van der Waals surface area contributed by atoms with Crippen LogP contribution < -0.4 is 0 Å². The first-order valence-corrected chi connectivity index (χ1v) is 8.69. The molecule has 0 spiro atoms. The molecule has 24 heavy (non-hydrogen) atoms. The summed E-state index contributed by atoms with van der Waals surface area (Å²) in [4.78, 5) is 12.8. The molecule has 0 bridgehead atoms. The number of ether oxygens (including phenoxy) is 1. The van der Waals surface area contributed by atoms with Crippen LogP contribution in [0, 0.1) is 0 Å². The molecule has 10 heteroatoms. The van der Waals surface area contributed by atoms with Gasteiger partial charge in [0.2, 0.25) is 10.0 Å². The van der Waals surface area contributed by atoms with Gasteiger partial charge in [0.25, 0.3) is 0 Å². The number of carbonyl (C=O) groups is 1. The zero-order valence-corrected chi connectivity index (χ0v) is 13.7. The summed E-state index contributed by atoms with van der Waals surface area (Å²) in [6, 6.07) is 3.36. The molecule has 0 atom stereocenters. The van der Waals surface area contributed by atoms with E-state index in [1.807, 2.05) is 0 Å². The van der Waals surface area contributed by atoms with Crippen LogP contribution in [-0.2, 0) is 20.9 Å². The molecule has 0 radical (unpaired) electrons. The number of hydrogen-bond acceptors (Lipinski definition) is 4. The van der Waals surface area contributed by atoms with Gasteiger partial charge in [-0.25, -0.2) is 13.2 Å². The Morgan fingerprint density at radius 1 is 1.12 bits per heavy atom. The first-order valence-electron chi connectivity index (χ1n) is 7.25. The molecular weight excluding hydrogens is 349 g/mol. The fourth-order valence-corrected chi connectivity index (χ4v) is 3.71. The average Bonchev–Trinajstić information content (AvgIpc) is 2.54. The maximum absolute atomic E-state index is 12.5. The monoisotopic (exact) mass is 366 g/mol. The lowest BCUT2D eigenvalue weighted by Gasteiger charge is -2.33. The van der Waals surface area contributed by atoms with E-state index in [-0.39, 0.29) is 37.7 Å². The molecule has 1 saturated heterocycles. The van der Waals surface area contributed by atoms with Crippen LogP contribution in [0.1, 0.15) is 12.5 Å². The summed E-state index contributed by atoms with van der Waals surface area (Å²) in [5.74, 6) is 0. The molecule has 0 saturated carbocycles. The number of carbonyl (C=O) groups excluding carboxylic acids is 1. The van der Waals surface area contributed by atoms with Gasteiger partial charge in [-0.05, 0) is 31.2 Å². The summed E-state index contributed by atoms with van der Waals surface area (Å²) < 4.78 is 68.5. The van der Waals surface area contributed by atoms with Crippen LogP contribution in [0.25, 0.3) is 0 Å². The molecule has 6 nitrogen and oxygen atoms in total. The van der Waals surface area contributed by atoms with E-state index >= 15 is 0 Å². The van der Waals surface area contributed by atoms with E-state index in [2.05, 4.69) is 0 Å². The molecule has 2 rings (SSSR count). The Hall–Kier alpha value is -1.81. The minimum absolute atomic E-state index is 0.0577. The predicted molar refractivity (Wildman–Crippen MR) is 78.8 cm³/mol. The largest absolute Gasteiger partial charge is 0.450 e. The Bertz CT molecular complexity index is 681. The summed E-state index contributed by atoms with van der Waals surface area (Å²) in [6.07, 6.45) is -5.03. The van der Waals surface area contributed by atoms with E-state index in [1.54, 1.807) is 6.92 Å². The van der Waals surface area contributed by atoms with E-state index in [4.69, 9.17) is 4.74 Å². The van der Waals surface area contributed by atoms with Crippen molar-refractivity contribution in [2.24, 2.45) is 0 Å². The molecule has 1 heterocycles. The van der Waals surface area contributed by atoms with Crippen LogP contribution in [0.5, 0.6) is 0 Å². The highest BCUT2D eigenvalue weighted by Gasteiger charge is 2.33. The van der Waals surface area contributed by atoms with Crippen LogP contribution in [-0.4, -0.2) is 56.5 Å². The number of benzene rings is 1. The van der Waals surface area contributed by atoms with E-state index in [0.29, 0.717) is 0 Å². The smallest absolute Gasteiger partial charge is 0.416 e. The summed E-state index contributed by atoms with van der Waals surface area (Å²) in [6.45, 7) is 2.34. The second-order valence-corrected chi connectivity index (χ2v) is 7.05. The van der Waals surface area contributed by atoms with Crippen molar-refractivity contribution in [2.45, 2.75) is 18.0 Å². The Balaban J connectivity index is 2.08. The second-order valence-electron chi connectivity index (χ2n) is 5.11. The van der Waals surface area contributed by atoms with Crippen molar-refractivity contribution in [3.8, 4) is 0 Å². The number of sulfonamides is 1. The van der Waals surface area contributed by atoms with Gasteiger partial charge in [0.1, 0.15) is 0 Å². The zero-order chi connectivity index (χ0) is 18.0. The van der Waals surface area contributed by atoms with Crippen molar-refractivity contribution >= 4 is 16.1 Å². The minimum Gasteiger partial charge on any atom is -0.450 e. The summed E-state index contributed by atoms with van der Waals surface area (Å²) in [5.41, 5.74) is -0.909. The summed E-state index contributed by atoms with van der Waals surface area (Å²) in [7, 11) is -3.90. The van der Waals surface area contributed by atoms with Gasteiger partial charge < -0.3 is 9.64 Å². The fraction of sp³-hybridized carbons (Fsp3) is 0.500. The lowest BCUT2D eigenvalue weighted by Crippen LogP contribution is -2.50. The highest BCUT2D eigenvalue weighted by Crippen LogP contribution is 2.30. The molecule has 1 aromatic carbocycles. The van der Waals surface area contributed by atoms with Crippen LogP contribution >= 0.6 is 0 Å². The third-order valence-corrected chi connectivity index (χ3v) is 5.50. The quantitative estimate of drug-likeness (QED) is 0.822. The van der Waals surface area contributed by atoms with Gasteiger partial charge in [-0.1, -0.05) is 0 Å². The van der Waals surface area contributed by atoms with Crippen molar-refractivity contribution in [3.63, 3.8) is 0 Å². The maximum atomic E-state index is 12.5.